The molecule has 3 nitrogen and oxygen atoms in total. The standard InChI is InChI=1S/C21H20N2O/c1-16-14-19(12-13-22-16)21(23-24)15-20(17-8-4-2-5-9-17)18-10-6-3-7-11-18/h2-14,20,24H,15H2,1H3. The number of hydrogen-bond donors (Lipinski definition) is 1. The van der Waals surface area contributed by atoms with E-state index >= 15 is 0 Å². The highest BCUT2D eigenvalue weighted by Gasteiger charge is 2.18. The van der Waals surface area contributed by atoms with Crippen molar-refractivity contribution in [2.75, 3.05) is 0 Å². The summed E-state index contributed by atoms with van der Waals surface area (Å²) in [6, 6.07) is 24.5. The van der Waals surface area contributed by atoms with Gasteiger partial charge >= 0.3 is 0 Å². The second-order valence-corrected chi connectivity index (χ2v) is 5.81. The molecule has 0 spiro atoms. The minimum atomic E-state index is 0.131. The van der Waals surface area contributed by atoms with E-state index in [1.54, 1.807) is 6.20 Å². The Bertz CT molecular complexity index is 774. The van der Waals surface area contributed by atoms with Crippen molar-refractivity contribution in [2.24, 2.45) is 5.16 Å². The zero-order valence-electron chi connectivity index (χ0n) is 13.6. The summed E-state index contributed by atoms with van der Waals surface area (Å²) in [6.45, 7) is 1.93. The molecule has 3 aromatic rings. The van der Waals surface area contributed by atoms with Crippen LogP contribution in [0.3, 0.4) is 0 Å². The number of benzene rings is 2. The van der Waals surface area contributed by atoms with Crippen LogP contribution < -0.4 is 0 Å². The molecule has 0 bridgehead atoms. The van der Waals surface area contributed by atoms with Gasteiger partial charge in [-0.05, 0) is 30.2 Å². The smallest absolute Gasteiger partial charge is 0.0878 e. The van der Waals surface area contributed by atoms with Crippen LogP contribution in [0.2, 0.25) is 0 Å². The third kappa shape index (κ3) is 3.69. The Hall–Kier alpha value is -2.94. The van der Waals surface area contributed by atoms with Gasteiger partial charge in [0.1, 0.15) is 0 Å². The molecule has 0 amide bonds. The van der Waals surface area contributed by atoms with Gasteiger partial charge in [0.25, 0.3) is 0 Å². The number of nitrogens with zero attached hydrogens (tertiary/aromatic N) is 2. The van der Waals surface area contributed by atoms with Gasteiger partial charge in [-0.2, -0.15) is 0 Å². The minimum absolute atomic E-state index is 0.131. The molecule has 0 aliphatic heterocycles. The van der Waals surface area contributed by atoms with E-state index in [0.29, 0.717) is 12.1 Å². The molecule has 2 aromatic carbocycles. The summed E-state index contributed by atoms with van der Waals surface area (Å²) >= 11 is 0. The summed E-state index contributed by atoms with van der Waals surface area (Å²) in [5, 5.41) is 13.2. The van der Waals surface area contributed by atoms with Gasteiger partial charge in [0.2, 0.25) is 0 Å². The van der Waals surface area contributed by atoms with E-state index < -0.39 is 0 Å². The Labute approximate surface area is 142 Å². The maximum absolute atomic E-state index is 9.58. The van der Waals surface area contributed by atoms with E-state index in [4.69, 9.17) is 0 Å². The van der Waals surface area contributed by atoms with E-state index in [9.17, 15) is 5.21 Å². The van der Waals surface area contributed by atoms with Crippen molar-refractivity contribution in [3.05, 3.63) is 101 Å². The largest absolute Gasteiger partial charge is 0.411 e. The van der Waals surface area contributed by atoms with Gasteiger partial charge in [0.05, 0.1) is 5.71 Å². The fourth-order valence-corrected chi connectivity index (χ4v) is 2.93. The predicted molar refractivity (Wildman–Crippen MR) is 96.6 cm³/mol. The van der Waals surface area contributed by atoms with Crippen molar-refractivity contribution in [3.8, 4) is 0 Å². The van der Waals surface area contributed by atoms with E-state index in [1.807, 2.05) is 55.5 Å². The number of oxime groups is 1. The number of pyridine rings is 1. The van der Waals surface area contributed by atoms with Gasteiger partial charge in [0.15, 0.2) is 0 Å². The summed E-state index contributed by atoms with van der Waals surface area (Å²) in [5.41, 5.74) is 4.89. The number of aryl methyl sites for hydroxylation is 1. The molecular weight excluding hydrogens is 296 g/mol. The molecule has 0 saturated heterocycles. The number of hydrogen-bond acceptors (Lipinski definition) is 3. The van der Waals surface area contributed by atoms with E-state index in [-0.39, 0.29) is 5.92 Å². The van der Waals surface area contributed by atoms with E-state index in [1.165, 1.54) is 11.1 Å². The maximum atomic E-state index is 9.58. The normalized spacial score (nSPS) is 11.7. The van der Waals surface area contributed by atoms with Crippen molar-refractivity contribution in [2.45, 2.75) is 19.3 Å². The summed E-state index contributed by atoms with van der Waals surface area (Å²) in [5.74, 6) is 0.131. The summed E-state index contributed by atoms with van der Waals surface area (Å²) in [4.78, 5) is 4.22. The highest BCUT2D eigenvalue weighted by Crippen LogP contribution is 2.29. The van der Waals surface area contributed by atoms with Crippen LogP contribution in [0.1, 0.15) is 34.7 Å². The first-order valence-corrected chi connectivity index (χ1v) is 8.02. The fraction of sp³-hybridized carbons (Fsp3) is 0.143. The lowest BCUT2D eigenvalue weighted by Crippen LogP contribution is -2.11. The highest BCUT2D eigenvalue weighted by atomic mass is 16.4. The molecular formula is C21H20N2O. The first kappa shape index (κ1) is 15.9. The Morgan fingerprint density at radius 3 is 2.04 bits per heavy atom. The summed E-state index contributed by atoms with van der Waals surface area (Å²) in [6.07, 6.45) is 2.36. The zero-order chi connectivity index (χ0) is 16.8. The van der Waals surface area contributed by atoms with Gasteiger partial charge < -0.3 is 5.21 Å². The number of rotatable bonds is 5. The van der Waals surface area contributed by atoms with E-state index in [0.717, 1.165) is 11.3 Å². The Morgan fingerprint density at radius 1 is 0.958 bits per heavy atom. The average molecular weight is 316 g/mol. The lowest BCUT2D eigenvalue weighted by atomic mass is 9.85. The van der Waals surface area contributed by atoms with Gasteiger partial charge in [-0.3, -0.25) is 4.98 Å². The molecule has 0 unspecified atom stereocenters. The Balaban J connectivity index is 1.97. The molecule has 0 atom stereocenters. The van der Waals surface area contributed by atoms with Crippen LogP contribution in [0.4, 0.5) is 0 Å². The van der Waals surface area contributed by atoms with Gasteiger partial charge in [0, 0.05) is 29.8 Å². The summed E-state index contributed by atoms with van der Waals surface area (Å²) < 4.78 is 0. The molecule has 1 N–H and O–H groups in total. The molecule has 0 aliphatic carbocycles. The lowest BCUT2D eigenvalue weighted by Gasteiger charge is -2.19. The monoisotopic (exact) mass is 316 g/mol. The van der Waals surface area contributed by atoms with Crippen molar-refractivity contribution in [1.82, 2.24) is 4.98 Å². The van der Waals surface area contributed by atoms with Crippen LogP contribution in [0.15, 0.2) is 84.1 Å². The lowest BCUT2D eigenvalue weighted by molar-refractivity contribution is 0.317. The van der Waals surface area contributed by atoms with E-state index in [2.05, 4.69) is 34.4 Å². The van der Waals surface area contributed by atoms with Crippen molar-refractivity contribution >= 4 is 5.71 Å². The predicted octanol–water partition coefficient (Wildman–Crippen LogP) is 4.79. The molecule has 120 valence electrons. The topological polar surface area (TPSA) is 45.5 Å². The van der Waals surface area contributed by atoms with Crippen LogP contribution in [0, 0.1) is 6.92 Å². The number of aromatic nitrogens is 1. The second-order valence-electron chi connectivity index (χ2n) is 5.81. The van der Waals surface area contributed by atoms with Crippen molar-refractivity contribution in [3.63, 3.8) is 0 Å². The molecule has 24 heavy (non-hydrogen) atoms. The first-order chi connectivity index (χ1) is 11.8. The van der Waals surface area contributed by atoms with Gasteiger partial charge in [-0.15, -0.1) is 0 Å². The third-order valence-electron chi connectivity index (χ3n) is 4.15. The molecule has 3 rings (SSSR count). The minimum Gasteiger partial charge on any atom is -0.411 e. The summed E-state index contributed by atoms with van der Waals surface area (Å²) in [7, 11) is 0. The van der Waals surface area contributed by atoms with Crippen LogP contribution in [0.25, 0.3) is 0 Å². The molecule has 1 aromatic heterocycles. The quantitative estimate of drug-likeness (QED) is 0.418. The molecule has 1 heterocycles. The van der Waals surface area contributed by atoms with Crippen molar-refractivity contribution < 1.29 is 5.21 Å². The molecule has 0 aliphatic rings. The highest BCUT2D eigenvalue weighted by molar-refractivity contribution is 6.00. The molecule has 0 fully saturated rings. The van der Waals surface area contributed by atoms with Crippen LogP contribution in [-0.4, -0.2) is 15.9 Å². The molecule has 0 saturated carbocycles. The fourth-order valence-electron chi connectivity index (χ4n) is 2.93. The first-order valence-electron chi connectivity index (χ1n) is 8.02. The molecule has 3 heteroatoms. The molecule has 0 radical (unpaired) electrons. The Morgan fingerprint density at radius 2 is 1.54 bits per heavy atom. The Kier molecular flexibility index (Phi) is 5.02. The second kappa shape index (κ2) is 7.55. The van der Waals surface area contributed by atoms with Gasteiger partial charge in [-0.25, -0.2) is 0 Å². The maximum Gasteiger partial charge on any atom is 0.0878 e. The van der Waals surface area contributed by atoms with Crippen LogP contribution in [0.5, 0.6) is 0 Å². The van der Waals surface area contributed by atoms with Crippen LogP contribution in [-0.2, 0) is 0 Å². The van der Waals surface area contributed by atoms with Crippen LogP contribution >= 0.6 is 0 Å². The average Bonchev–Trinajstić information content (AvgIpc) is 2.64. The zero-order valence-corrected chi connectivity index (χ0v) is 13.6. The van der Waals surface area contributed by atoms with Crippen molar-refractivity contribution in [1.29, 1.82) is 0 Å². The SMILES string of the molecule is Cc1cc(C(CC(c2ccccc2)c2ccccc2)=NO)ccn1. The van der Waals surface area contributed by atoms with Gasteiger partial charge in [-0.1, -0.05) is 65.8 Å². The third-order valence-corrected chi connectivity index (χ3v) is 4.15.